The van der Waals surface area contributed by atoms with Crippen molar-refractivity contribution in [2.75, 3.05) is 6.54 Å². The standard InChI is InChI=1S/C14H17F2NO3S/c1-2-13(18)12-8-3-4-9-17(12)21(19,20)14-10(15)6-5-7-11(14)16/h5-7,12H,2-4,8-9H2,1H3. The molecule has 21 heavy (non-hydrogen) atoms. The highest BCUT2D eigenvalue weighted by Gasteiger charge is 2.39. The number of hydrogen-bond donors (Lipinski definition) is 0. The molecule has 1 saturated heterocycles. The molecule has 0 saturated carbocycles. The fourth-order valence-corrected chi connectivity index (χ4v) is 4.39. The second kappa shape index (κ2) is 6.19. The zero-order valence-corrected chi connectivity index (χ0v) is 12.5. The number of rotatable bonds is 4. The van der Waals surface area contributed by atoms with Crippen LogP contribution in [0.1, 0.15) is 32.6 Å². The molecule has 1 fully saturated rings. The second-order valence-electron chi connectivity index (χ2n) is 5.00. The van der Waals surface area contributed by atoms with Crippen molar-refractivity contribution in [2.24, 2.45) is 0 Å². The number of hydrogen-bond acceptors (Lipinski definition) is 3. The summed E-state index contributed by atoms with van der Waals surface area (Å²) < 4.78 is 53.6. The van der Waals surface area contributed by atoms with Gasteiger partial charge in [-0.05, 0) is 25.0 Å². The Bertz CT molecular complexity index is 625. The van der Waals surface area contributed by atoms with E-state index in [-0.39, 0.29) is 18.7 Å². The van der Waals surface area contributed by atoms with Gasteiger partial charge in [0, 0.05) is 13.0 Å². The Hall–Kier alpha value is -1.34. The molecule has 0 aliphatic carbocycles. The number of carbonyl (C=O) groups excluding carboxylic acids is 1. The first kappa shape index (κ1) is 16.0. The molecule has 0 N–H and O–H groups in total. The molecule has 2 rings (SSSR count). The van der Waals surface area contributed by atoms with Crippen LogP contribution in [-0.4, -0.2) is 31.1 Å². The summed E-state index contributed by atoms with van der Waals surface area (Å²) in [6, 6.07) is 2.08. The maximum absolute atomic E-state index is 13.8. The van der Waals surface area contributed by atoms with Gasteiger partial charge < -0.3 is 0 Å². The van der Waals surface area contributed by atoms with Gasteiger partial charge in [0.1, 0.15) is 11.6 Å². The van der Waals surface area contributed by atoms with Crippen LogP contribution in [0.15, 0.2) is 23.1 Å². The Morgan fingerprint density at radius 3 is 2.48 bits per heavy atom. The van der Waals surface area contributed by atoms with Gasteiger partial charge in [-0.3, -0.25) is 4.79 Å². The van der Waals surface area contributed by atoms with Crippen LogP contribution in [0.2, 0.25) is 0 Å². The molecule has 1 aliphatic heterocycles. The van der Waals surface area contributed by atoms with Gasteiger partial charge in [-0.2, -0.15) is 4.31 Å². The first-order valence-corrected chi connectivity index (χ1v) is 8.32. The van der Waals surface area contributed by atoms with Gasteiger partial charge >= 0.3 is 0 Å². The smallest absolute Gasteiger partial charge is 0.249 e. The predicted octanol–water partition coefficient (Wildman–Crippen LogP) is 2.49. The maximum atomic E-state index is 13.8. The number of sulfonamides is 1. The maximum Gasteiger partial charge on any atom is 0.249 e. The van der Waals surface area contributed by atoms with Gasteiger partial charge in [0.05, 0.1) is 6.04 Å². The number of Topliss-reactive ketones (excluding diaryl/α,β-unsaturated/α-hetero) is 1. The van der Waals surface area contributed by atoms with Crippen LogP contribution in [-0.2, 0) is 14.8 Å². The van der Waals surface area contributed by atoms with Gasteiger partial charge in [0.2, 0.25) is 10.0 Å². The van der Waals surface area contributed by atoms with E-state index in [1.54, 1.807) is 6.92 Å². The van der Waals surface area contributed by atoms with Gasteiger partial charge in [-0.15, -0.1) is 0 Å². The van der Waals surface area contributed by atoms with Crippen LogP contribution >= 0.6 is 0 Å². The highest BCUT2D eigenvalue weighted by molar-refractivity contribution is 7.89. The number of nitrogens with zero attached hydrogens (tertiary/aromatic N) is 1. The van der Waals surface area contributed by atoms with E-state index in [2.05, 4.69) is 0 Å². The SMILES string of the molecule is CCC(=O)C1CCCCN1S(=O)(=O)c1c(F)cccc1F. The van der Waals surface area contributed by atoms with E-state index < -0.39 is 32.6 Å². The fraction of sp³-hybridized carbons (Fsp3) is 0.500. The summed E-state index contributed by atoms with van der Waals surface area (Å²) in [4.78, 5) is 11.0. The van der Waals surface area contributed by atoms with Gasteiger partial charge in [0.15, 0.2) is 10.7 Å². The van der Waals surface area contributed by atoms with E-state index in [1.165, 1.54) is 0 Å². The van der Waals surface area contributed by atoms with Gasteiger partial charge in [-0.1, -0.05) is 19.4 Å². The molecule has 1 aliphatic rings. The van der Waals surface area contributed by atoms with Gasteiger partial charge in [0.25, 0.3) is 0 Å². The van der Waals surface area contributed by atoms with Crippen molar-refractivity contribution in [3.63, 3.8) is 0 Å². The first-order valence-electron chi connectivity index (χ1n) is 6.88. The Morgan fingerprint density at radius 2 is 1.90 bits per heavy atom. The largest absolute Gasteiger partial charge is 0.298 e. The summed E-state index contributed by atoms with van der Waals surface area (Å²) in [5.41, 5.74) is 0. The van der Waals surface area contributed by atoms with E-state index in [0.717, 1.165) is 28.9 Å². The summed E-state index contributed by atoms with van der Waals surface area (Å²) >= 11 is 0. The second-order valence-corrected chi connectivity index (χ2v) is 6.83. The lowest BCUT2D eigenvalue weighted by Gasteiger charge is -2.33. The van der Waals surface area contributed by atoms with E-state index >= 15 is 0 Å². The lowest BCUT2D eigenvalue weighted by Crippen LogP contribution is -2.48. The molecule has 0 aromatic heterocycles. The minimum absolute atomic E-state index is 0.104. The average Bonchev–Trinajstić information content (AvgIpc) is 2.46. The number of carbonyl (C=O) groups is 1. The van der Waals surface area contributed by atoms with E-state index in [0.29, 0.717) is 12.8 Å². The van der Waals surface area contributed by atoms with Crippen LogP contribution in [0.4, 0.5) is 8.78 Å². The van der Waals surface area contributed by atoms with E-state index in [4.69, 9.17) is 0 Å². The van der Waals surface area contributed by atoms with Crippen molar-refractivity contribution in [1.82, 2.24) is 4.31 Å². The van der Waals surface area contributed by atoms with Crippen molar-refractivity contribution in [3.8, 4) is 0 Å². The van der Waals surface area contributed by atoms with Crippen LogP contribution < -0.4 is 0 Å². The molecule has 0 radical (unpaired) electrons. The number of benzene rings is 1. The van der Waals surface area contributed by atoms with Crippen LogP contribution in [0.25, 0.3) is 0 Å². The molecule has 116 valence electrons. The first-order chi connectivity index (χ1) is 9.89. The fourth-order valence-electron chi connectivity index (χ4n) is 2.60. The molecule has 7 heteroatoms. The Balaban J connectivity index is 2.48. The lowest BCUT2D eigenvalue weighted by molar-refractivity contribution is -0.123. The summed E-state index contributed by atoms with van der Waals surface area (Å²) in [6.07, 6.45) is 1.88. The normalized spacial score (nSPS) is 20.4. The van der Waals surface area contributed by atoms with Crippen molar-refractivity contribution >= 4 is 15.8 Å². The minimum Gasteiger partial charge on any atom is -0.298 e. The third kappa shape index (κ3) is 2.98. The van der Waals surface area contributed by atoms with Crippen molar-refractivity contribution in [2.45, 2.75) is 43.5 Å². The van der Waals surface area contributed by atoms with Crippen molar-refractivity contribution < 1.29 is 22.0 Å². The molecule has 1 atom stereocenters. The highest BCUT2D eigenvalue weighted by atomic mass is 32.2. The Morgan fingerprint density at radius 1 is 1.29 bits per heavy atom. The summed E-state index contributed by atoms with van der Waals surface area (Å²) in [6.45, 7) is 1.75. The summed E-state index contributed by atoms with van der Waals surface area (Å²) in [5, 5.41) is 0. The third-order valence-electron chi connectivity index (χ3n) is 3.66. The van der Waals surface area contributed by atoms with E-state index in [9.17, 15) is 22.0 Å². The van der Waals surface area contributed by atoms with Crippen molar-refractivity contribution in [1.29, 1.82) is 0 Å². The van der Waals surface area contributed by atoms with Gasteiger partial charge in [-0.25, -0.2) is 17.2 Å². The number of piperidine rings is 1. The number of halogens is 2. The highest BCUT2D eigenvalue weighted by Crippen LogP contribution is 2.29. The molecule has 1 unspecified atom stereocenters. The molecule has 0 amide bonds. The minimum atomic E-state index is -4.37. The molecule has 0 bridgehead atoms. The molecular weight excluding hydrogens is 300 g/mol. The molecule has 0 spiro atoms. The average molecular weight is 317 g/mol. The zero-order valence-electron chi connectivity index (χ0n) is 11.7. The van der Waals surface area contributed by atoms with E-state index in [1.807, 2.05) is 0 Å². The quantitative estimate of drug-likeness (QED) is 0.857. The predicted molar refractivity (Wildman–Crippen MR) is 73.2 cm³/mol. The molecular formula is C14H17F2NO3S. The van der Waals surface area contributed by atoms with Crippen LogP contribution in [0.3, 0.4) is 0 Å². The monoisotopic (exact) mass is 317 g/mol. The molecule has 1 heterocycles. The zero-order chi connectivity index (χ0) is 15.6. The Kier molecular flexibility index (Phi) is 4.73. The van der Waals surface area contributed by atoms with Crippen LogP contribution in [0.5, 0.6) is 0 Å². The summed E-state index contributed by atoms with van der Waals surface area (Å²) in [7, 11) is -4.37. The Labute approximate surface area is 122 Å². The number of ketones is 1. The topological polar surface area (TPSA) is 54.5 Å². The summed E-state index contributed by atoms with van der Waals surface area (Å²) in [5.74, 6) is -2.50. The molecule has 1 aromatic rings. The van der Waals surface area contributed by atoms with Crippen LogP contribution in [0, 0.1) is 11.6 Å². The molecule has 4 nitrogen and oxygen atoms in total. The third-order valence-corrected chi connectivity index (χ3v) is 5.62. The van der Waals surface area contributed by atoms with Crippen molar-refractivity contribution in [3.05, 3.63) is 29.8 Å². The molecule has 1 aromatic carbocycles. The lowest BCUT2D eigenvalue weighted by atomic mass is 10.00.